The van der Waals surface area contributed by atoms with Gasteiger partial charge in [-0.1, -0.05) is 44.9 Å². The number of rotatable bonds is 13. The summed E-state index contributed by atoms with van der Waals surface area (Å²) in [5.41, 5.74) is 0. The molecule has 0 aliphatic carbocycles. The summed E-state index contributed by atoms with van der Waals surface area (Å²) >= 11 is 0. The minimum absolute atomic E-state index is 0.121. The lowest BCUT2D eigenvalue weighted by Crippen LogP contribution is -2.00. The zero-order valence-electron chi connectivity index (χ0n) is 13.6. The minimum atomic E-state index is -4.13. The van der Waals surface area contributed by atoms with E-state index in [0.29, 0.717) is 19.0 Å². The van der Waals surface area contributed by atoms with Gasteiger partial charge in [-0.2, -0.15) is 8.42 Å². The van der Waals surface area contributed by atoms with E-state index >= 15 is 0 Å². The topological polar surface area (TPSA) is 83.8 Å². The van der Waals surface area contributed by atoms with Crippen molar-refractivity contribution in [3.63, 3.8) is 0 Å². The molecular formula is C17H28O5S. The molecule has 0 radical (unpaired) electrons. The van der Waals surface area contributed by atoms with E-state index in [-0.39, 0.29) is 4.90 Å². The highest BCUT2D eigenvalue weighted by atomic mass is 32.2. The van der Waals surface area contributed by atoms with Gasteiger partial charge in [0.05, 0.1) is 11.5 Å². The third-order valence-electron chi connectivity index (χ3n) is 3.69. The summed E-state index contributed by atoms with van der Waals surface area (Å²) in [6, 6.07) is 5.77. The molecule has 1 aromatic rings. The second-order valence-electron chi connectivity index (χ2n) is 5.70. The summed E-state index contributed by atoms with van der Waals surface area (Å²) in [6.07, 6.45) is 10.3. The molecule has 0 heterocycles. The van der Waals surface area contributed by atoms with Crippen molar-refractivity contribution in [1.82, 2.24) is 0 Å². The van der Waals surface area contributed by atoms with Crippen LogP contribution in [0.15, 0.2) is 29.2 Å². The molecule has 0 atom stereocenters. The Morgan fingerprint density at radius 3 is 1.74 bits per heavy atom. The largest absolute Gasteiger partial charge is 0.494 e. The molecule has 0 aliphatic heterocycles. The number of aliphatic hydroxyl groups excluding tert-OH is 1. The lowest BCUT2D eigenvalue weighted by molar-refractivity contribution is 0.282. The third kappa shape index (κ3) is 9.58. The van der Waals surface area contributed by atoms with Gasteiger partial charge in [-0.3, -0.25) is 4.55 Å². The number of unbranched alkanes of at least 4 members (excludes halogenated alkanes) is 8. The number of benzene rings is 1. The van der Waals surface area contributed by atoms with Crippen LogP contribution in [0.5, 0.6) is 5.75 Å². The number of ether oxygens (including phenoxy) is 1. The van der Waals surface area contributed by atoms with Gasteiger partial charge in [-0.15, -0.1) is 0 Å². The molecule has 0 saturated carbocycles. The Hall–Kier alpha value is -1.11. The summed E-state index contributed by atoms with van der Waals surface area (Å²) in [5.74, 6) is 0.612. The van der Waals surface area contributed by atoms with Crippen molar-refractivity contribution in [1.29, 1.82) is 0 Å². The van der Waals surface area contributed by atoms with Crippen LogP contribution in [0.4, 0.5) is 0 Å². The van der Waals surface area contributed by atoms with Crippen molar-refractivity contribution in [2.24, 2.45) is 0 Å². The first-order valence-corrected chi connectivity index (χ1v) is 9.79. The fraction of sp³-hybridized carbons (Fsp3) is 0.647. The predicted octanol–water partition coefficient (Wildman–Crippen LogP) is 3.82. The van der Waals surface area contributed by atoms with Gasteiger partial charge in [0.1, 0.15) is 5.75 Å². The smallest absolute Gasteiger partial charge is 0.294 e. The molecule has 2 N–H and O–H groups in total. The van der Waals surface area contributed by atoms with Crippen LogP contribution < -0.4 is 4.74 Å². The molecule has 5 nitrogen and oxygen atoms in total. The van der Waals surface area contributed by atoms with E-state index in [1.165, 1.54) is 44.2 Å². The summed E-state index contributed by atoms with van der Waals surface area (Å²) in [5, 5.41) is 8.67. The Balaban J connectivity index is 2.01. The van der Waals surface area contributed by atoms with Crippen LogP contribution in [0, 0.1) is 0 Å². The van der Waals surface area contributed by atoms with Crippen LogP contribution in [0.1, 0.15) is 57.8 Å². The van der Waals surface area contributed by atoms with E-state index in [2.05, 4.69) is 0 Å². The van der Waals surface area contributed by atoms with Crippen molar-refractivity contribution in [2.45, 2.75) is 62.7 Å². The van der Waals surface area contributed by atoms with Gasteiger partial charge < -0.3 is 9.84 Å². The molecule has 23 heavy (non-hydrogen) atoms. The normalized spacial score (nSPS) is 11.6. The van der Waals surface area contributed by atoms with Crippen molar-refractivity contribution in [3.8, 4) is 5.75 Å². The van der Waals surface area contributed by atoms with Crippen LogP contribution in [0.3, 0.4) is 0 Å². The predicted molar refractivity (Wildman–Crippen MR) is 90.4 cm³/mol. The maximum atomic E-state index is 10.9. The quantitative estimate of drug-likeness (QED) is 0.420. The maximum absolute atomic E-state index is 10.9. The van der Waals surface area contributed by atoms with Crippen LogP contribution in [0.2, 0.25) is 0 Å². The molecule has 1 aromatic carbocycles. The minimum Gasteiger partial charge on any atom is -0.494 e. The Bertz CT molecular complexity index is 510. The van der Waals surface area contributed by atoms with E-state index in [9.17, 15) is 8.42 Å². The van der Waals surface area contributed by atoms with Crippen molar-refractivity contribution >= 4 is 10.1 Å². The standard InChI is InChI=1S/C17H28O5S/c18-14-8-6-4-2-1-3-5-7-9-15-22-16-10-12-17(13-11-16)23(19,20)21/h10-13,18H,1-9,14-15H2,(H,19,20,21). The first-order chi connectivity index (χ1) is 11.0. The molecule has 0 spiro atoms. The first-order valence-electron chi connectivity index (χ1n) is 8.35. The molecule has 0 unspecified atom stereocenters. The summed E-state index contributed by atoms with van der Waals surface area (Å²) < 4.78 is 36.2. The number of aliphatic hydroxyl groups is 1. The highest BCUT2D eigenvalue weighted by molar-refractivity contribution is 7.85. The average molecular weight is 344 g/mol. The highest BCUT2D eigenvalue weighted by Crippen LogP contribution is 2.16. The van der Waals surface area contributed by atoms with Crippen LogP contribution >= 0.6 is 0 Å². The zero-order valence-corrected chi connectivity index (χ0v) is 14.4. The third-order valence-corrected chi connectivity index (χ3v) is 4.56. The van der Waals surface area contributed by atoms with E-state index < -0.39 is 10.1 Å². The molecule has 132 valence electrons. The van der Waals surface area contributed by atoms with E-state index in [1.807, 2.05) is 0 Å². The highest BCUT2D eigenvalue weighted by Gasteiger charge is 2.08. The maximum Gasteiger partial charge on any atom is 0.294 e. The molecule has 6 heteroatoms. The SMILES string of the molecule is O=S(=O)(O)c1ccc(OCCCCCCCCCCCO)cc1. The van der Waals surface area contributed by atoms with Gasteiger partial charge in [0.2, 0.25) is 0 Å². The summed E-state index contributed by atoms with van der Waals surface area (Å²) in [6.45, 7) is 0.917. The fourth-order valence-electron chi connectivity index (χ4n) is 2.35. The lowest BCUT2D eigenvalue weighted by Gasteiger charge is -2.06. The van der Waals surface area contributed by atoms with Gasteiger partial charge in [-0.05, 0) is 37.1 Å². The Morgan fingerprint density at radius 1 is 0.783 bits per heavy atom. The Morgan fingerprint density at radius 2 is 1.26 bits per heavy atom. The molecule has 0 saturated heterocycles. The van der Waals surface area contributed by atoms with Gasteiger partial charge >= 0.3 is 0 Å². The van der Waals surface area contributed by atoms with E-state index in [1.54, 1.807) is 12.1 Å². The van der Waals surface area contributed by atoms with Gasteiger partial charge in [-0.25, -0.2) is 0 Å². The van der Waals surface area contributed by atoms with Crippen LogP contribution in [-0.2, 0) is 10.1 Å². The van der Waals surface area contributed by atoms with Gasteiger partial charge in [0, 0.05) is 6.61 Å². The monoisotopic (exact) mass is 344 g/mol. The molecule has 0 bridgehead atoms. The van der Waals surface area contributed by atoms with E-state index in [4.69, 9.17) is 14.4 Å². The van der Waals surface area contributed by atoms with Crippen LogP contribution in [0.25, 0.3) is 0 Å². The van der Waals surface area contributed by atoms with Gasteiger partial charge in [0.15, 0.2) is 0 Å². The molecule has 0 fully saturated rings. The first kappa shape index (κ1) is 19.9. The molecule has 0 aliphatic rings. The Labute approximate surface area is 139 Å². The van der Waals surface area contributed by atoms with Crippen molar-refractivity contribution in [2.75, 3.05) is 13.2 Å². The summed E-state index contributed by atoms with van der Waals surface area (Å²) in [4.78, 5) is -0.121. The molecule has 0 aromatic heterocycles. The average Bonchev–Trinajstić information content (AvgIpc) is 2.52. The summed E-state index contributed by atoms with van der Waals surface area (Å²) in [7, 11) is -4.13. The van der Waals surface area contributed by atoms with Crippen molar-refractivity contribution in [3.05, 3.63) is 24.3 Å². The number of hydrogen-bond acceptors (Lipinski definition) is 4. The Kier molecular flexibility index (Phi) is 9.91. The molecule has 0 amide bonds. The number of hydrogen-bond donors (Lipinski definition) is 2. The van der Waals surface area contributed by atoms with Crippen molar-refractivity contribution < 1.29 is 22.8 Å². The second kappa shape index (κ2) is 11.4. The lowest BCUT2D eigenvalue weighted by atomic mass is 10.1. The van der Waals surface area contributed by atoms with Crippen LogP contribution in [-0.4, -0.2) is 31.3 Å². The second-order valence-corrected chi connectivity index (χ2v) is 7.12. The zero-order chi connectivity index (χ0) is 17.0. The molecule has 1 rings (SSSR count). The molecular weight excluding hydrogens is 316 g/mol. The van der Waals surface area contributed by atoms with Gasteiger partial charge in [0.25, 0.3) is 10.1 Å². The fourth-order valence-corrected chi connectivity index (χ4v) is 2.83. The van der Waals surface area contributed by atoms with E-state index in [0.717, 1.165) is 25.7 Å².